The van der Waals surface area contributed by atoms with E-state index in [1.54, 1.807) is 12.1 Å². The zero-order valence-electron chi connectivity index (χ0n) is 13.4. The number of aryl methyl sites for hydroxylation is 2. The lowest BCUT2D eigenvalue weighted by molar-refractivity contribution is 0.0472. The molecule has 0 spiro atoms. The van der Waals surface area contributed by atoms with Crippen molar-refractivity contribution in [3.05, 3.63) is 78.7 Å². The van der Waals surface area contributed by atoms with Crippen LogP contribution in [0.2, 0.25) is 0 Å². The number of carbonyl (C=O) groups excluding carboxylic acids is 1. The molecular formula is C20H15IO4. The van der Waals surface area contributed by atoms with Crippen molar-refractivity contribution < 1.29 is 13.9 Å². The van der Waals surface area contributed by atoms with Crippen LogP contribution >= 0.6 is 22.6 Å². The van der Waals surface area contributed by atoms with E-state index in [4.69, 9.17) is 9.15 Å². The molecule has 1 aliphatic rings. The molecule has 1 heterocycles. The standard InChI is InChI=1S/C20H15IO4/c21-17-7-2-1-6-15(17)20(23)24-11-14-10-19(22)25-18-9-13-5-3-4-12(13)8-16(14)18/h1-2,6-10H,3-5,11H2. The highest BCUT2D eigenvalue weighted by Crippen LogP contribution is 2.29. The van der Waals surface area contributed by atoms with Gasteiger partial charge < -0.3 is 9.15 Å². The van der Waals surface area contributed by atoms with Gasteiger partial charge in [0.05, 0.1) is 5.56 Å². The van der Waals surface area contributed by atoms with Crippen molar-refractivity contribution in [2.45, 2.75) is 25.9 Å². The fourth-order valence-electron chi connectivity index (χ4n) is 3.26. The van der Waals surface area contributed by atoms with E-state index in [-0.39, 0.29) is 6.61 Å². The van der Waals surface area contributed by atoms with Crippen molar-refractivity contribution in [2.75, 3.05) is 0 Å². The van der Waals surface area contributed by atoms with Crippen LogP contribution in [-0.2, 0) is 24.2 Å². The van der Waals surface area contributed by atoms with E-state index in [9.17, 15) is 9.59 Å². The molecule has 0 bridgehead atoms. The third-order valence-electron chi connectivity index (χ3n) is 4.50. The van der Waals surface area contributed by atoms with Crippen molar-refractivity contribution in [3.63, 3.8) is 0 Å². The second-order valence-electron chi connectivity index (χ2n) is 6.12. The van der Waals surface area contributed by atoms with Gasteiger partial charge in [0.1, 0.15) is 12.2 Å². The Labute approximate surface area is 157 Å². The summed E-state index contributed by atoms with van der Waals surface area (Å²) in [6, 6.07) is 12.7. The normalized spacial score (nSPS) is 13.0. The van der Waals surface area contributed by atoms with E-state index in [2.05, 4.69) is 28.7 Å². The second kappa shape index (κ2) is 6.63. The Morgan fingerprint density at radius 3 is 2.68 bits per heavy atom. The average Bonchev–Trinajstić information content (AvgIpc) is 3.05. The van der Waals surface area contributed by atoms with Gasteiger partial charge >= 0.3 is 11.6 Å². The van der Waals surface area contributed by atoms with Gasteiger partial charge in [0.15, 0.2) is 0 Å². The number of ether oxygens (including phenoxy) is 1. The molecule has 0 fully saturated rings. The summed E-state index contributed by atoms with van der Waals surface area (Å²) in [4.78, 5) is 24.2. The van der Waals surface area contributed by atoms with Crippen LogP contribution in [0, 0.1) is 3.57 Å². The quantitative estimate of drug-likeness (QED) is 0.343. The summed E-state index contributed by atoms with van der Waals surface area (Å²) in [5.74, 6) is -0.396. The van der Waals surface area contributed by atoms with Crippen LogP contribution in [0.1, 0.15) is 33.5 Å². The molecule has 126 valence electrons. The fourth-order valence-corrected chi connectivity index (χ4v) is 3.87. The molecule has 2 aromatic carbocycles. The third-order valence-corrected chi connectivity index (χ3v) is 5.44. The van der Waals surface area contributed by atoms with Gasteiger partial charge in [-0.1, -0.05) is 12.1 Å². The van der Waals surface area contributed by atoms with Gasteiger partial charge in [-0.05, 0) is 77.2 Å². The van der Waals surface area contributed by atoms with Gasteiger partial charge in [-0.3, -0.25) is 0 Å². The molecule has 0 aliphatic heterocycles. The lowest BCUT2D eigenvalue weighted by Gasteiger charge is -2.09. The summed E-state index contributed by atoms with van der Waals surface area (Å²) in [5.41, 5.74) is 3.87. The van der Waals surface area contributed by atoms with Crippen molar-refractivity contribution in [1.29, 1.82) is 0 Å². The molecule has 3 aromatic rings. The third kappa shape index (κ3) is 3.20. The van der Waals surface area contributed by atoms with E-state index in [1.807, 2.05) is 18.2 Å². The van der Waals surface area contributed by atoms with Gasteiger partial charge in [0.2, 0.25) is 0 Å². The summed E-state index contributed by atoms with van der Waals surface area (Å²) >= 11 is 2.10. The minimum atomic E-state index is -0.425. The molecule has 4 nitrogen and oxygen atoms in total. The maximum Gasteiger partial charge on any atom is 0.339 e. The first-order valence-electron chi connectivity index (χ1n) is 8.12. The van der Waals surface area contributed by atoms with Crippen molar-refractivity contribution in [1.82, 2.24) is 0 Å². The number of carbonyl (C=O) groups is 1. The zero-order valence-corrected chi connectivity index (χ0v) is 15.5. The molecule has 0 saturated carbocycles. The van der Waals surface area contributed by atoms with E-state index in [0.29, 0.717) is 16.7 Å². The lowest BCUT2D eigenvalue weighted by atomic mass is 10.0. The Morgan fingerprint density at radius 2 is 1.88 bits per heavy atom. The molecule has 0 atom stereocenters. The Hall–Kier alpha value is -2.15. The number of fused-ring (bicyclic) bond motifs is 2. The van der Waals surface area contributed by atoms with Crippen LogP contribution in [0.4, 0.5) is 0 Å². The minimum absolute atomic E-state index is 0.0463. The molecular weight excluding hydrogens is 431 g/mol. The topological polar surface area (TPSA) is 56.5 Å². The predicted octanol–water partition coefficient (Wildman–Crippen LogP) is 4.24. The van der Waals surface area contributed by atoms with Crippen LogP contribution in [0.25, 0.3) is 11.0 Å². The molecule has 5 heteroatoms. The molecule has 1 aliphatic carbocycles. The van der Waals surface area contributed by atoms with E-state index in [0.717, 1.165) is 28.2 Å². The SMILES string of the molecule is O=C(OCc1cc(=O)oc2cc3c(cc12)CCC3)c1ccccc1I. The van der Waals surface area contributed by atoms with Gasteiger partial charge in [0, 0.05) is 20.6 Å². The van der Waals surface area contributed by atoms with Crippen molar-refractivity contribution in [3.8, 4) is 0 Å². The molecule has 0 saturated heterocycles. The van der Waals surface area contributed by atoms with Gasteiger partial charge in [-0.15, -0.1) is 0 Å². The Bertz CT molecular complexity index is 1040. The molecule has 0 radical (unpaired) electrons. The number of rotatable bonds is 3. The summed E-state index contributed by atoms with van der Waals surface area (Å²) in [5, 5.41) is 0.843. The lowest BCUT2D eigenvalue weighted by Crippen LogP contribution is -2.09. The van der Waals surface area contributed by atoms with Crippen molar-refractivity contribution in [2.24, 2.45) is 0 Å². The number of hydrogen-bond donors (Lipinski definition) is 0. The van der Waals surface area contributed by atoms with Crippen LogP contribution in [0.15, 0.2) is 51.7 Å². The first-order valence-corrected chi connectivity index (χ1v) is 9.20. The highest BCUT2D eigenvalue weighted by Gasteiger charge is 2.17. The zero-order chi connectivity index (χ0) is 17.4. The number of halogens is 1. The molecule has 0 N–H and O–H groups in total. The number of hydrogen-bond acceptors (Lipinski definition) is 4. The van der Waals surface area contributed by atoms with Gasteiger partial charge in [0.25, 0.3) is 0 Å². The fraction of sp³-hybridized carbons (Fsp3) is 0.200. The Balaban J connectivity index is 1.66. The second-order valence-corrected chi connectivity index (χ2v) is 7.28. The van der Waals surface area contributed by atoms with Crippen LogP contribution in [0.5, 0.6) is 0 Å². The molecule has 4 rings (SSSR count). The molecule has 0 amide bonds. The Kier molecular flexibility index (Phi) is 4.33. The first kappa shape index (κ1) is 16.3. The first-order chi connectivity index (χ1) is 12.1. The van der Waals surface area contributed by atoms with Crippen LogP contribution in [-0.4, -0.2) is 5.97 Å². The van der Waals surface area contributed by atoms with E-state index >= 15 is 0 Å². The average molecular weight is 446 g/mol. The summed E-state index contributed by atoms with van der Waals surface area (Å²) in [6.45, 7) is 0.0463. The highest BCUT2D eigenvalue weighted by atomic mass is 127. The minimum Gasteiger partial charge on any atom is -0.457 e. The highest BCUT2D eigenvalue weighted by molar-refractivity contribution is 14.1. The monoisotopic (exact) mass is 446 g/mol. The van der Waals surface area contributed by atoms with Gasteiger partial charge in [-0.25, -0.2) is 9.59 Å². The molecule has 0 unspecified atom stereocenters. The van der Waals surface area contributed by atoms with Crippen LogP contribution in [0.3, 0.4) is 0 Å². The molecule has 25 heavy (non-hydrogen) atoms. The van der Waals surface area contributed by atoms with E-state index < -0.39 is 11.6 Å². The van der Waals surface area contributed by atoms with Gasteiger partial charge in [-0.2, -0.15) is 0 Å². The summed E-state index contributed by atoms with van der Waals surface area (Å²) in [6.07, 6.45) is 3.17. The summed E-state index contributed by atoms with van der Waals surface area (Å²) in [7, 11) is 0. The molecule has 1 aromatic heterocycles. The van der Waals surface area contributed by atoms with Crippen molar-refractivity contribution >= 4 is 39.5 Å². The summed E-state index contributed by atoms with van der Waals surface area (Å²) < 4.78 is 11.6. The number of benzene rings is 2. The van der Waals surface area contributed by atoms with Crippen LogP contribution < -0.4 is 5.63 Å². The Morgan fingerprint density at radius 1 is 1.12 bits per heavy atom. The maximum atomic E-state index is 12.3. The smallest absolute Gasteiger partial charge is 0.339 e. The number of esters is 1. The maximum absolute atomic E-state index is 12.3. The largest absolute Gasteiger partial charge is 0.457 e. The predicted molar refractivity (Wildman–Crippen MR) is 103 cm³/mol. The van der Waals surface area contributed by atoms with E-state index in [1.165, 1.54) is 17.2 Å².